The van der Waals surface area contributed by atoms with E-state index < -0.39 is 0 Å². The Kier molecular flexibility index (Phi) is 6.63. The molecule has 0 unspecified atom stereocenters. The number of hydrogen-bond donors (Lipinski definition) is 2. The van der Waals surface area contributed by atoms with Crippen LogP contribution in [0.4, 0.5) is 0 Å². The summed E-state index contributed by atoms with van der Waals surface area (Å²) in [5, 5.41) is 10.7. The van der Waals surface area contributed by atoms with Crippen molar-refractivity contribution in [1.82, 2.24) is 20.4 Å². The molecule has 6 heteroatoms. The number of aromatic nitrogens is 2. The van der Waals surface area contributed by atoms with Crippen molar-refractivity contribution in [3.05, 3.63) is 29.1 Å². The summed E-state index contributed by atoms with van der Waals surface area (Å²) < 4.78 is 1.95. The van der Waals surface area contributed by atoms with Crippen molar-refractivity contribution in [2.45, 2.75) is 46.1 Å². The van der Waals surface area contributed by atoms with E-state index in [1.165, 1.54) is 5.57 Å². The van der Waals surface area contributed by atoms with Crippen LogP contribution >= 0.6 is 12.4 Å². The molecule has 0 saturated carbocycles. The van der Waals surface area contributed by atoms with Gasteiger partial charge >= 0.3 is 0 Å². The summed E-state index contributed by atoms with van der Waals surface area (Å²) in [6.07, 6.45) is 5.65. The van der Waals surface area contributed by atoms with Crippen LogP contribution < -0.4 is 10.6 Å². The third kappa shape index (κ3) is 4.34. The predicted molar refractivity (Wildman–Crippen MR) is 91.8 cm³/mol. The van der Waals surface area contributed by atoms with Gasteiger partial charge in [0.2, 0.25) is 0 Å². The second kappa shape index (κ2) is 7.79. The van der Waals surface area contributed by atoms with Crippen LogP contribution in [0.25, 0.3) is 0 Å². The smallest absolute Gasteiger partial charge is 0.255 e. The maximum atomic E-state index is 12.4. The molecule has 0 aliphatic carbocycles. The van der Waals surface area contributed by atoms with Gasteiger partial charge in [0.05, 0.1) is 23.0 Å². The van der Waals surface area contributed by atoms with Crippen LogP contribution in [0.5, 0.6) is 0 Å². The topological polar surface area (TPSA) is 59.0 Å². The molecule has 22 heavy (non-hydrogen) atoms. The fraction of sp³-hybridized carbons (Fsp3) is 0.625. The van der Waals surface area contributed by atoms with Crippen LogP contribution in [-0.2, 0) is 12.0 Å². The quantitative estimate of drug-likeness (QED) is 0.834. The van der Waals surface area contributed by atoms with Gasteiger partial charge in [-0.3, -0.25) is 9.48 Å². The lowest BCUT2D eigenvalue weighted by atomic mass is 10.1. The molecular formula is C16H27ClN4O. The summed E-state index contributed by atoms with van der Waals surface area (Å²) in [5.41, 5.74) is 2.88. The van der Waals surface area contributed by atoms with E-state index in [-0.39, 0.29) is 23.9 Å². The second-order valence-corrected chi connectivity index (χ2v) is 6.44. The van der Waals surface area contributed by atoms with Gasteiger partial charge in [-0.15, -0.1) is 12.4 Å². The summed E-state index contributed by atoms with van der Waals surface area (Å²) in [6.45, 7) is 10.9. The Morgan fingerprint density at radius 3 is 2.73 bits per heavy atom. The highest BCUT2D eigenvalue weighted by molar-refractivity contribution is 5.95. The third-order valence-electron chi connectivity index (χ3n) is 3.72. The summed E-state index contributed by atoms with van der Waals surface area (Å²) >= 11 is 0. The Morgan fingerprint density at radius 2 is 2.18 bits per heavy atom. The van der Waals surface area contributed by atoms with Gasteiger partial charge in [0.1, 0.15) is 0 Å². The minimum Gasteiger partial charge on any atom is -0.348 e. The normalized spacial score (nSPS) is 15.0. The Balaban J connectivity index is 0.00000242. The number of nitrogens with one attached hydrogen (secondary N) is 2. The summed E-state index contributed by atoms with van der Waals surface area (Å²) in [4.78, 5) is 12.4. The highest BCUT2D eigenvalue weighted by Gasteiger charge is 2.23. The Bertz CT molecular complexity index is 543. The molecule has 5 nitrogen and oxygen atoms in total. The van der Waals surface area contributed by atoms with E-state index >= 15 is 0 Å². The lowest BCUT2D eigenvalue weighted by Crippen LogP contribution is -2.31. The van der Waals surface area contributed by atoms with Crippen LogP contribution in [0.15, 0.2) is 17.8 Å². The van der Waals surface area contributed by atoms with Crippen molar-refractivity contribution in [3.8, 4) is 0 Å². The molecule has 0 atom stereocenters. The molecule has 1 aliphatic rings. The minimum atomic E-state index is -0.110. The van der Waals surface area contributed by atoms with Crippen molar-refractivity contribution >= 4 is 18.3 Å². The first kappa shape index (κ1) is 18.7. The lowest BCUT2D eigenvalue weighted by molar-refractivity contribution is 0.0955. The van der Waals surface area contributed by atoms with E-state index in [0.717, 1.165) is 31.6 Å². The number of carbonyl (C=O) groups is 1. The second-order valence-electron chi connectivity index (χ2n) is 6.44. The largest absolute Gasteiger partial charge is 0.348 e. The highest BCUT2D eigenvalue weighted by Crippen LogP contribution is 2.19. The molecular weight excluding hydrogens is 300 g/mol. The molecule has 0 saturated heterocycles. The Hall–Kier alpha value is -1.33. The standard InChI is InChI=1S/C16H26N4O.ClH/c1-5-14-13(11-19-20(14)16(2,3)4)15(21)18-10-12-6-8-17-9-7-12;/h6,11,17H,5,7-10H2,1-4H3,(H,18,21);1H. The van der Waals surface area contributed by atoms with E-state index in [1.54, 1.807) is 6.20 Å². The van der Waals surface area contributed by atoms with Crippen LogP contribution in [0.3, 0.4) is 0 Å². The molecule has 2 heterocycles. The van der Waals surface area contributed by atoms with Crippen LogP contribution in [0, 0.1) is 0 Å². The van der Waals surface area contributed by atoms with Crippen LogP contribution in [-0.4, -0.2) is 35.3 Å². The fourth-order valence-corrected chi connectivity index (χ4v) is 2.60. The van der Waals surface area contributed by atoms with Crippen molar-refractivity contribution in [2.75, 3.05) is 19.6 Å². The van der Waals surface area contributed by atoms with Gasteiger partial charge in [-0.25, -0.2) is 0 Å². The number of rotatable bonds is 4. The molecule has 1 aromatic heterocycles. The lowest BCUT2D eigenvalue weighted by Gasteiger charge is -2.22. The highest BCUT2D eigenvalue weighted by atomic mass is 35.5. The first-order chi connectivity index (χ1) is 9.93. The molecule has 1 aliphatic heterocycles. The van der Waals surface area contributed by atoms with Crippen LogP contribution in [0.1, 0.15) is 50.2 Å². The van der Waals surface area contributed by atoms with Gasteiger partial charge in [0.15, 0.2) is 0 Å². The maximum Gasteiger partial charge on any atom is 0.255 e. The SMILES string of the molecule is CCc1c(C(=O)NCC2=CCNCC2)cnn1C(C)(C)C.Cl. The van der Waals surface area contributed by atoms with Crippen molar-refractivity contribution in [2.24, 2.45) is 0 Å². The average molecular weight is 327 g/mol. The van der Waals surface area contributed by atoms with E-state index in [2.05, 4.69) is 49.5 Å². The zero-order chi connectivity index (χ0) is 15.5. The van der Waals surface area contributed by atoms with Crippen molar-refractivity contribution < 1.29 is 4.79 Å². The zero-order valence-electron chi connectivity index (χ0n) is 13.9. The number of carbonyl (C=O) groups excluding carboxylic acids is 1. The molecule has 1 aromatic rings. The zero-order valence-corrected chi connectivity index (χ0v) is 14.7. The third-order valence-corrected chi connectivity index (χ3v) is 3.72. The minimum absolute atomic E-state index is 0. The molecule has 0 spiro atoms. The van der Waals surface area contributed by atoms with E-state index in [0.29, 0.717) is 12.1 Å². The molecule has 0 fully saturated rings. The van der Waals surface area contributed by atoms with Gasteiger partial charge in [0, 0.05) is 13.1 Å². The van der Waals surface area contributed by atoms with Crippen LogP contribution in [0.2, 0.25) is 0 Å². The molecule has 0 aromatic carbocycles. The van der Waals surface area contributed by atoms with Crippen molar-refractivity contribution in [3.63, 3.8) is 0 Å². The Morgan fingerprint density at radius 1 is 1.45 bits per heavy atom. The summed E-state index contributed by atoms with van der Waals surface area (Å²) in [6, 6.07) is 0. The van der Waals surface area contributed by atoms with Gasteiger partial charge in [-0.2, -0.15) is 5.10 Å². The first-order valence-corrected chi connectivity index (χ1v) is 7.67. The molecule has 0 radical (unpaired) electrons. The van der Waals surface area contributed by atoms with Gasteiger partial charge in [-0.05, 0) is 40.2 Å². The monoisotopic (exact) mass is 326 g/mol. The number of hydrogen-bond acceptors (Lipinski definition) is 3. The summed E-state index contributed by atoms with van der Waals surface area (Å²) in [5.74, 6) is -0.0261. The number of halogens is 1. The van der Waals surface area contributed by atoms with E-state index in [4.69, 9.17) is 0 Å². The van der Waals surface area contributed by atoms with Gasteiger partial charge in [-0.1, -0.05) is 18.6 Å². The summed E-state index contributed by atoms with van der Waals surface area (Å²) in [7, 11) is 0. The number of amides is 1. The molecule has 1 amide bonds. The van der Waals surface area contributed by atoms with E-state index in [1.807, 2.05) is 4.68 Å². The fourth-order valence-electron chi connectivity index (χ4n) is 2.60. The van der Waals surface area contributed by atoms with E-state index in [9.17, 15) is 4.79 Å². The Labute approximate surface area is 139 Å². The molecule has 2 N–H and O–H groups in total. The van der Waals surface area contributed by atoms with Crippen molar-refractivity contribution in [1.29, 1.82) is 0 Å². The molecule has 2 rings (SSSR count). The maximum absolute atomic E-state index is 12.4. The predicted octanol–water partition coefficient (Wildman–Crippen LogP) is 2.27. The molecule has 0 bridgehead atoms. The van der Waals surface area contributed by atoms with Gasteiger partial charge in [0.25, 0.3) is 5.91 Å². The average Bonchev–Trinajstić information content (AvgIpc) is 2.90. The number of nitrogens with zero attached hydrogens (tertiary/aromatic N) is 2. The van der Waals surface area contributed by atoms with Gasteiger partial charge < -0.3 is 10.6 Å². The molecule has 124 valence electrons. The first-order valence-electron chi connectivity index (χ1n) is 7.67.